The first-order chi connectivity index (χ1) is 18.8. The van der Waals surface area contributed by atoms with Crippen molar-refractivity contribution >= 4 is 51.4 Å². The van der Waals surface area contributed by atoms with E-state index in [2.05, 4.69) is 15.8 Å². The summed E-state index contributed by atoms with van der Waals surface area (Å²) < 4.78 is 16.2. The van der Waals surface area contributed by atoms with Crippen LogP contribution in [-0.2, 0) is 33.8 Å². The molecule has 2 amide bonds. The van der Waals surface area contributed by atoms with E-state index in [1.54, 1.807) is 37.3 Å². The molecule has 11 heteroatoms. The van der Waals surface area contributed by atoms with Gasteiger partial charge in [0.2, 0.25) is 0 Å². The molecule has 1 heterocycles. The fraction of sp³-hybridized carbons (Fsp3) is 0.286. The maximum Gasteiger partial charge on any atom is 0.341 e. The molecule has 1 aliphatic rings. The standard InChI is InChI=1S/C28H28ClN3O6S/c1-16(18-10-13-21(22(14-18)36-2)38-15-17-8-11-19(29)12-9-17)31-32-26(34)25(33)30-27-24(28(35)37-3)20-6-4-5-7-23(20)39-27/h8-14H,4-7,15H2,1-3H3,(H,30,33)(H,32,34)/b31-16+. The Kier molecular flexibility index (Phi) is 9.21. The Morgan fingerprint density at radius 3 is 2.46 bits per heavy atom. The lowest BCUT2D eigenvalue weighted by Gasteiger charge is -2.12. The van der Waals surface area contributed by atoms with E-state index in [1.807, 2.05) is 12.1 Å². The van der Waals surface area contributed by atoms with E-state index in [-0.39, 0.29) is 0 Å². The summed E-state index contributed by atoms with van der Waals surface area (Å²) in [5.41, 5.74) is 5.53. The van der Waals surface area contributed by atoms with Crippen molar-refractivity contribution in [2.75, 3.05) is 19.5 Å². The number of hydrogen-bond acceptors (Lipinski definition) is 8. The van der Waals surface area contributed by atoms with Crippen molar-refractivity contribution in [2.45, 2.75) is 39.2 Å². The van der Waals surface area contributed by atoms with Gasteiger partial charge < -0.3 is 19.5 Å². The third-order valence-corrected chi connectivity index (χ3v) is 7.67. The fourth-order valence-corrected chi connectivity index (χ4v) is 5.53. The number of anilines is 1. The first-order valence-electron chi connectivity index (χ1n) is 12.2. The van der Waals surface area contributed by atoms with Gasteiger partial charge in [-0.2, -0.15) is 5.10 Å². The van der Waals surface area contributed by atoms with E-state index in [0.29, 0.717) is 45.0 Å². The predicted octanol–water partition coefficient (Wildman–Crippen LogP) is 5.13. The predicted molar refractivity (Wildman–Crippen MR) is 150 cm³/mol. The number of nitrogens with one attached hydrogen (secondary N) is 2. The molecule has 0 atom stereocenters. The Balaban J connectivity index is 1.41. The Hall–Kier alpha value is -3.89. The van der Waals surface area contributed by atoms with E-state index in [9.17, 15) is 14.4 Å². The lowest BCUT2D eigenvalue weighted by atomic mass is 9.95. The summed E-state index contributed by atoms with van der Waals surface area (Å²) in [6.07, 6.45) is 3.52. The van der Waals surface area contributed by atoms with Gasteiger partial charge in [0.15, 0.2) is 11.5 Å². The van der Waals surface area contributed by atoms with Gasteiger partial charge in [-0.1, -0.05) is 23.7 Å². The number of methoxy groups -OCH3 is 2. The zero-order valence-corrected chi connectivity index (χ0v) is 23.3. The first-order valence-corrected chi connectivity index (χ1v) is 13.4. The number of carbonyl (C=O) groups is 3. The highest BCUT2D eigenvalue weighted by molar-refractivity contribution is 7.17. The number of benzene rings is 2. The second-order valence-corrected chi connectivity index (χ2v) is 10.3. The molecule has 3 aromatic rings. The number of thiophene rings is 1. The summed E-state index contributed by atoms with van der Waals surface area (Å²) in [5, 5.41) is 7.58. The zero-order valence-electron chi connectivity index (χ0n) is 21.8. The first kappa shape index (κ1) is 28.1. The number of halogens is 1. The Morgan fingerprint density at radius 2 is 1.74 bits per heavy atom. The molecule has 4 rings (SSSR count). The van der Waals surface area contributed by atoms with Crippen molar-refractivity contribution in [3.8, 4) is 11.5 Å². The van der Waals surface area contributed by atoms with Crippen LogP contribution in [0.5, 0.6) is 11.5 Å². The minimum atomic E-state index is -0.966. The molecule has 0 aliphatic heterocycles. The van der Waals surface area contributed by atoms with Crippen LogP contribution in [0.4, 0.5) is 5.00 Å². The highest BCUT2D eigenvalue weighted by Gasteiger charge is 2.28. The summed E-state index contributed by atoms with van der Waals surface area (Å²) >= 11 is 7.23. The van der Waals surface area contributed by atoms with Crippen LogP contribution in [0.15, 0.2) is 47.6 Å². The number of rotatable bonds is 8. The average Bonchev–Trinajstić information content (AvgIpc) is 3.32. The monoisotopic (exact) mass is 569 g/mol. The van der Waals surface area contributed by atoms with E-state index >= 15 is 0 Å². The van der Waals surface area contributed by atoms with Crippen molar-refractivity contribution < 1.29 is 28.6 Å². The molecule has 0 unspecified atom stereocenters. The zero-order chi connectivity index (χ0) is 27.9. The second kappa shape index (κ2) is 12.8. The van der Waals surface area contributed by atoms with Crippen molar-refractivity contribution in [3.63, 3.8) is 0 Å². The molecule has 1 aliphatic carbocycles. The normalized spacial score (nSPS) is 12.8. The maximum absolute atomic E-state index is 12.6. The molecule has 2 aromatic carbocycles. The van der Waals surface area contributed by atoms with Gasteiger partial charge >= 0.3 is 17.8 Å². The van der Waals surface area contributed by atoms with Crippen LogP contribution in [0.2, 0.25) is 5.02 Å². The van der Waals surface area contributed by atoms with Crippen LogP contribution in [0.25, 0.3) is 0 Å². The number of aryl methyl sites for hydroxylation is 1. The number of amides is 2. The number of hydrogen-bond donors (Lipinski definition) is 2. The quantitative estimate of drug-likeness (QED) is 0.168. The number of nitrogens with zero attached hydrogens (tertiary/aromatic N) is 1. The van der Waals surface area contributed by atoms with Crippen molar-refractivity contribution in [2.24, 2.45) is 5.10 Å². The number of fused-ring (bicyclic) bond motifs is 1. The highest BCUT2D eigenvalue weighted by Crippen LogP contribution is 2.38. The third kappa shape index (κ3) is 6.76. The Labute approximate surface area is 235 Å². The molecule has 0 spiro atoms. The molecule has 0 radical (unpaired) electrons. The largest absolute Gasteiger partial charge is 0.493 e. The lowest BCUT2D eigenvalue weighted by molar-refractivity contribution is -0.136. The molecule has 204 valence electrons. The van der Waals surface area contributed by atoms with Crippen LogP contribution in [-0.4, -0.2) is 37.7 Å². The van der Waals surface area contributed by atoms with Gasteiger partial charge in [0.1, 0.15) is 11.6 Å². The smallest absolute Gasteiger partial charge is 0.341 e. The number of ether oxygens (including phenoxy) is 3. The average molecular weight is 570 g/mol. The van der Waals surface area contributed by atoms with E-state index in [0.717, 1.165) is 41.7 Å². The lowest BCUT2D eigenvalue weighted by Crippen LogP contribution is -2.33. The van der Waals surface area contributed by atoms with Gasteiger partial charge in [-0.25, -0.2) is 10.2 Å². The minimum Gasteiger partial charge on any atom is -0.493 e. The van der Waals surface area contributed by atoms with Crippen LogP contribution in [0, 0.1) is 0 Å². The van der Waals surface area contributed by atoms with Crippen molar-refractivity contribution in [3.05, 3.63) is 74.6 Å². The van der Waals surface area contributed by atoms with Crippen LogP contribution >= 0.6 is 22.9 Å². The third-order valence-electron chi connectivity index (χ3n) is 6.21. The van der Waals surface area contributed by atoms with E-state index in [1.165, 1.54) is 25.6 Å². The van der Waals surface area contributed by atoms with E-state index < -0.39 is 17.8 Å². The summed E-state index contributed by atoms with van der Waals surface area (Å²) in [5.74, 6) is -1.41. The van der Waals surface area contributed by atoms with Gasteiger partial charge in [-0.15, -0.1) is 11.3 Å². The molecular weight excluding hydrogens is 542 g/mol. The second-order valence-electron chi connectivity index (χ2n) is 8.78. The molecule has 1 aromatic heterocycles. The van der Waals surface area contributed by atoms with E-state index in [4.69, 9.17) is 25.8 Å². The van der Waals surface area contributed by atoms with Crippen LogP contribution < -0.4 is 20.2 Å². The van der Waals surface area contributed by atoms with Gasteiger partial charge in [-0.3, -0.25) is 9.59 Å². The molecule has 9 nitrogen and oxygen atoms in total. The molecule has 0 fully saturated rings. The summed E-state index contributed by atoms with van der Waals surface area (Å²) in [7, 11) is 2.82. The minimum absolute atomic E-state index is 0.313. The number of hydrazone groups is 1. The topological polar surface area (TPSA) is 115 Å². The Bertz CT molecular complexity index is 1420. The van der Waals surface area contributed by atoms with Crippen LogP contribution in [0.1, 0.15) is 51.7 Å². The molecule has 2 N–H and O–H groups in total. The van der Waals surface area contributed by atoms with Gasteiger partial charge in [0.25, 0.3) is 0 Å². The number of esters is 1. The fourth-order valence-electron chi connectivity index (χ4n) is 4.14. The summed E-state index contributed by atoms with van der Waals surface area (Å²) in [6, 6.07) is 12.6. The molecular formula is C28H28ClN3O6S. The van der Waals surface area contributed by atoms with Crippen molar-refractivity contribution in [1.82, 2.24) is 5.43 Å². The SMILES string of the molecule is COC(=O)c1c(NC(=O)C(=O)N/N=C(\C)c2ccc(OCc3ccc(Cl)cc3)c(OC)c2)sc2c1CCCC2. The summed E-state index contributed by atoms with van der Waals surface area (Å²) in [4.78, 5) is 38.5. The molecule has 39 heavy (non-hydrogen) atoms. The number of carbonyl (C=O) groups excluding carboxylic acids is 3. The molecule has 0 bridgehead atoms. The van der Waals surface area contributed by atoms with Crippen molar-refractivity contribution in [1.29, 1.82) is 0 Å². The van der Waals surface area contributed by atoms with Gasteiger partial charge in [-0.05, 0) is 74.1 Å². The highest BCUT2D eigenvalue weighted by atomic mass is 35.5. The molecule has 0 saturated carbocycles. The Morgan fingerprint density at radius 1 is 1.00 bits per heavy atom. The maximum atomic E-state index is 12.6. The van der Waals surface area contributed by atoms with Crippen LogP contribution in [0.3, 0.4) is 0 Å². The summed E-state index contributed by atoms with van der Waals surface area (Å²) in [6.45, 7) is 2.01. The van der Waals surface area contributed by atoms with Gasteiger partial charge in [0.05, 0.1) is 25.5 Å². The van der Waals surface area contributed by atoms with Gasteiger partial charge in [0, 0.05) is 15.5 Å². The molecule has 0 saturated heterocycles.